The van der Waals surface area contributed by atoms with E-state index in [4.69, 9.17) is 0 Å². The number of nitrogens with zero attached hydrogens (tertiary/aromatic N) is 2. The highest BCUT2D eigenvalue weighted by Crippen LogP contribution is 2.19. The second kappa shape index (κ2) is 6.52. The maximum atomic E-state index is 12.5. The second-order valence-electron chi connectivity index (χ2n) is 5.81. The van der Waals surface area contributed by atoms with E-state index in [0.717, 1.165) is 39.0 Å². The van der Waals surface area contributed by atoms with E-state index in [2.05, 4.69) is 24.1 Å². The van der Waals surface area contributed by atoms with Crippen LogP contribution < -0.4 is 5.32 Å². The van der Waals surface area contributed by atoms with Crippen LogP contribution in [0.25, 0.3) is 0 Å². The molecule has 0 spiro atoms. The van der Waals surface area contributed by atoms with Crippen molar-refractivity contribution in [2.24, 2.45) is 5.92 Å². The van der Waals surface area contributed by atoms with E-state index in [1.54, 1.807) is 4.31 Å². The molecule has 0 aromatic heterocycles. The minimum absolute atomic E-state index is 0.335. The lowest BCUT2D eigenvalue weighted by molar-refractivity contribution is 0.135. The minimum Gasteiger partial charge on any atom is -0.317 e. The van der Waals surface area contributed by atoms with Crippen LogP contribution in [0, 0.1) is 5.92 Å². The third-order valence-corrected chi connectivity index (χ3v) is 6.44. The average Bonchev–Trinajstić information content (AvgIpc) is 2.39. The third kappa shape index (κ3) is 3.90. The zero-order valence-corrected chi connectivity index (χ0v) is 13.0. The van der Waals surface area contributed by atoms with Crippen LogP contribution in [-0.2, 0) is 10.0 Å². The minimum atomic E-state index is -3.07. The molecule has 5 nitrogen and oxygen atoms in total. The molecule has 19 heavy (non-hydrogen) atoms. The Kier molecular flexibility index (Phi) is 5.22. The molecule has 0 saturated carbocycles. The SMILES string of the molecule is CCN1CCN(S(=O)(=O)CC2CCNCC2)CC1C. The lowest BCUT2D eigenvalue weighted by Gasteiger charge is -2.39. The van der Waals surface area contributed by atoms with E-state index in [1.165, 1.54) is 0 Å². The van der Waals surface area contributed by atoms with Crippen molar-refractivity contribution >= 4 is 10.0 Å². The summed E-state index contributed by atoms with van der Waals surface area (Å²) in [4.78, 5) is 2.34. The van der Waals surface area contributed by atoms with Crippen molar-refractivity contribution in [3.63, 3.8) is 0 Å². The standard InChI is InChI=1S/C13H27N3O2S/c1-3-15-8-9-16(10-12(15)2)19(17,18)11-13-4-6-14-7-5-13/h12-14H,3-11H2,1-2H3. The number of likely N-dealkylation sites (N-methyl/N-ethyl adjacent to an activating group) is 1. The Morgan fingerprint density at radius 1 is 1.21 bits per heavy atom. The molecule has 1 N–H and O–H groups in total. The fraction of sp³-hybridized carbons (Fsp3) is 1.00. The van der Waals surface area contributed by atoms with Gasteiger partial charge in [0, 0.05) is 25.7 Å². The van der Waals surface area contributed by atoms with Crippen molar-refractivity contribution < 1.29 is 8.42 Å². The molecule has 0 aromatic carbocycles. The first-order valence-corrected chi connectivity index (χ1v) is 9.06. The van der Waals surface area contributed by atoms with Crippen molar-refractivity contribution in [2.45, 2.75) is 32.7 Å². The number of piperazine rings is 1. The molecule has 2 fully saturated rings. The number of rotatable bonds is 4. The molecule has 1 atom stereocenters. The van der Waals surface area contributed by atoms with Gasteiger partial charge in [-0.3, -0.25) is 4.90 Å². The van der Waals surface area contributed by atoms with Gasteiger partial charge in [0.2, 0.25) is 10.0 Å². The lowest BCUT2D eigenvalue weighted by atomic mass is 10.0. The molecule has 2 heterocycles. The molecular weight excluding hydrogens is 262 g/mol. The van der Waals surface area contributed by atoms with Gasteiger partial charge in [0.1, 0.15) is 0 Å². The van der Waals surface area contributed by atoms with E-state index in [1.807, 2.05) is 0 Å². The molecule has 2 aliphatic heterocycles. The maximum Gasteiger partial charge on any atom is 0.214 e. The van der Waals surface area contributed by atoms with Crippen molar-refractivity contribution in [1.82, 2.24) is 14.5 Å². The first-order valence-electron chi connectivity index (χ1n) is 7.45. The normalized spacial score (nSPS) is 28.6. The van der Waals surface area contributed by atoms with Crippen molar-refractivity contribution in [1.29, 1.82) is 0 Å². The number of nitrogens with one attached hydrogen (secondary N) is 1. The molecule has 6 heteroatoms. The number of piperidine rings is 1. The van der Waals surface area contributed by atoms with Gasteiger partial charge in [0.15, 0.2) is 0 Å². The van der Waals surface area contributed by atoms with Crippen LogP contribution in [-0.4, -0.2) is 68.7 Å². The molecule has 0 aromatic rings. The van der Waals surface area contributed by atoms with Gasteiger partial charge in [-0.25, -0.2) is 8.42 Å². The molecule has 0 bridgehead atoms. The van der Waals surface area contributed by atoms with E-state index in [0.29, 0.717) is 30.8 Å². The Hall–Kier alpha value is -0.170. The predicted molar refractivity (Wildman–Crippen MR) is 77.7 cm³/mol. The van der Waals surface area contributed by atoms with E-state index in [9.17, 15) is 8.42 Å². The zero-order chi connectivity index (χ0) is 13.9. The Morgan fingerprint density at radius 3 is 2.47 bits per heavy atom. The highest BCUT2D eigenvalue weighted by molar-refractivity contribution is 7.89. The van der Waals surface area contributed by atoms with Gasteiger partial charge in [-0.05, 0) is 45.3 Å². The quantitative estimate of drug-likeness (QED) is 0.811. The topological polar surface area (TPSA) is 52.7 Å². The van der Waals surface area contributed by atoms with Crippen LogP contribution in [0.1, 0.15) is 26.7 Å². The summed E-state index contributed by atoms with van der Waals surface area (Å²) in [7, 11) is -3.07. The molecule has 0 radical (unpaired) electrons. The smallest absolute Gasteiger partial charge is 0.214 e. The first-order chi connectivity index (χ1) is 9.03. The Labute approximate surface area is 117 Å². The van der Waals surface area contributed by atoms with Gasteiger partial charge in [-0.15, -0.1) is 0 Å². The largest absolute Gasteiger partial charge is 0.317 e. The average molecular weight is 289 g/mol. The highest BCUT2D eigenvalue weighted by Gasteiger charge is 2.32. The van der Waals surface area contributed by atoms with E-state index in [-0.39, 0.29) is 0 Å². The molecule has 0 amide bonds. The van der Waals surface area contributed by atoms with Crippen LogP contribution in [0.15, 0.2) is 0 Å². The van der Waals surface area contributed by atoms with Gasteiger partial charge in [0.05, 0.1) is 5.75 Å². The molecule has 2 saturated heterocycles. The lowest BCUT2D eigenvalue weighted by Crippen LogP contribution is -2.54. The number of sulfonamides is 1. The molecule has 2 aliphatic rings. The predicted octanol–water partition coefficient (Wildman–Crippen LogP) is 0.342. The molecule has 112 valence electrons. The zero-order valence-electron chi connectivity index (χ0n) is 12.1. The van der Waals surface area contributed by atoms with Gasteiger partial charge in [-0.2, -0.15) is 4.31 Å². The summed E-state index contributed by atoms with van der Waals surface area (Å²) < 4.78 is 26.7. The van der Waals surface area contributed by atoms with Crippen molar-refractivity contribution in [2.75, 3.05) is 45.0 Å². The van der Waals surface area contributed by atoms with Crippen LogP contribution in [0.4, 0.5) is 0 Å². The monoisotopic (exact) mass is 289 g/mol. The summed E-state index contributed by atoms with van der Waals surface area (Å²) in [6.45, 7) is 9.35. The van der Waals surface area contributed by atoms with E-state index < -0.39 is 10.0 Å². The van der Waals surface area contributed by atoms with Gasteiger partial charge < -0.3 is 5.32 Å². The fourth-order valence-corrected chi connectivity index (χ4v) is 5.08. The molecule has 0 aliphatic carbocycles. The molecule has 2 rings (SSSR count). The summed E-state index contributed by atoms with van der Waals surface area (Å²) in [6, 6.07) is 0.335. The molecular formula is C13H27N3O2S. The van der Waals surface area contributed by atoms with Gasteiger partial charge in [-0.1, -0.05) is 6.92 Å². The van der Waals surface area contributed by atoms with Crippen LogP contribution in [0.3, 0.4) is 0 Å². The number of hydrogen-bond acceptors (Lipinski definition) is 4. The van der Waals surface area contributed by atoms with Crippen molar-refractivity contribution in [3.05, 3.63) is 0 Å². The number of hydrogen-bond donors (Lipinski definition) is 1. The van der Waals surface area contributed by atoms with Gasteiger partial charge >= 0.3 is 0 Å². The summed E-state index contributed by atoms with van der Waals surface area (Å²) >= 11 is 0. The van der Waals surface area contributed by atoms with Crippen LogP contribution in [0.2, 0.25) is 0 Å². The van der Waals surface area contributed by atoms with Gasteiger partial charge in [0.25, 0.3) is 0 Å². The maximum absolute atomic E-state index is 12.5. The van der Waals surface area contributed by atoms with Crippen molar-refractivity contribution in [3.8, 4) is 0 Å². The molecule has 1 unspecified atom stereocenters. The Morgan fingerprint density at radius 2 is 1.89 bits per heavy atom. The fourth-order valence-electron chi connectivity index (χ4n) is 3.14. The summed E-state index contributed by atoms with van der Waals surface area (Å²) in [5, 5.41) is 3.29. The third-order valence-electron chi connectivity index (χ3n) is 4.43. The Balaban J connectivity index is 1.92. The van der Waals surface area contributed by atoms with E-state index >= 15 is 0 Å². The summed E-state index contributed by atoms with van der Waals surface area (Å²) in [5.74, 6) is 0.679. The van der Waals surface area contributed by atoms with Crippen LogP contribution in [0.5, 0.6) is 0 Å². The second-order valence-corrected chi connectivity index (χ2v) is 7.82. The summed E-state index contributed by atoms with van der Waals surface area (Å²) in [5.41, 5.74) is 0. The first kappa shape index (κ1) is 15.2. The Bertz CT molecular complexity index is 379. The summed E-state index contributed by atoms with van der Waals surface area (Å²) in [6.07, 6.45) is 1.98. The highest BCUT2D eigenvalue weighted by atomic mass is 32.2. The van der Waals surface area contributed by atoms with Crippen LogP contribution >= 0.6 is 0 Å².